The largest absolute Gasteiger partial charge is 0.458 e. The highest BCUT2D eigenvalue weighted by atomic mass is 28.3. The number of esters is 2. The summed E-state index contributed by atoms with van der Waals surface area (Å²) in [6.45, 7) is 9.94. The van der Waals surface area contributed by atoms with Crippen molar-refractivity contribution >= 4 is 36.1 Å². The van der Waals surface area contributed by atoms with Crippen molar-refractivity contribution in [3.05, 3.63) is 51.3 Å². The summed E-state index contributed by atoms with van der Waals surface area (Å²) < 4.78 is 12.3. The second kappa shape index (κ2) is 8.38. The summed E-state index contributed by atoms with van der Waals surface area (Å²) in [6, 6.07) is 8.60. The summed E-state index contributed by atoms with van der Waals surface area (Å²) in [6.07, 6.45) is 1.14. The summed E-state index contributed by atoms with van der Waals surface area (Å²) in [5, 5.41) is 13.0. The average Bonchev–Trinajstić information content (AvgIpc) is 3.18. The number of fused-ring (bicyclic) bond motifs is 5. The summed E-state index contributed by atoms with van der Waals surface area (Å²) in [5.41, 5.74) is 1.20. The number of carbonyl (C=O) groups is 2. The van der Waals surface area contributed by atoms with E-state index >= 15 is 0 Å². The van der Waals surface area contributed by atoms with Crippen LogP contribution < -0.4 is 15.5 Å². The molecule has 188 valence electrons. The van der Waals surface area contributed by atoms with Gasteiger partial charge in [0.1, 0.15) is 12.4 Å². The molecule has 0 radical (unpaired) electrons. The maximum atomic E-state index is 13.5. The molecule has 2 aromatic heterocycles. The van der Waals surface area contributed by atoms with E-state index in [4.69, 9.17) is 14.5 Å². The van der Waals surface area contributed by atoms with Gasteiger partial charge in [-0.2, -0.15) is 0 Å². The average molecular weight is 507 g/mol. The fourth-order valence-corrected chi connectivity index (χ4v) is 8.48. The number of rotatable bonds is 5. The van der Waals surface area contributed by atoms with Gasteiger partial charge in [-0.1, -0.05) is 45.5 Å². The number of ether oxygens (including phenoxy) is 2. The summed E-state index contributed by atoms with van der Waals surface area (Å²) in [7, 11) is -1.88. The Bertz CT molecular complexity index is 1510. The molecule has 0 bridgehead atoms. The molecule has 0 saturated carbocycles. The molecular formula is C27H30N2O6Si. The molecule has 1 N–H and O–H groups in total. The van der Waals surface area contributed by atoms with E-state index in [1.807, 2.05) is 18.2 Å². The van der Waals surface area contributed by atoms with Crippen molar-refractivity contribution < 1.29 is 24.2 Å². The number of pyridine rings is 2. The molecule has 5 rings (SSSR count). The summed E-state index contributed by atoms with van der Waals surface area (Å²) in [5.74, 6) is -0.711. The van der Waals surface area contributed by atoms with Crippen LogP contribution >= 0.6 is 0 Å². The highest BCUT2D eigenvalue weighted by Gasteiger charge is 2.45. The topological polar surface area (TPSA) is 108 Å². The van der Waals surface area contributed by atoms with E-state index in [1.54, 1.807) is 17.6 Å². The molecule has 0 aliphatic carbocycles. The quantitative estimate of drug-likeness (QED) is 0.251. The first kappa shape index (κ1) is 24.4. The zero-order chi connectivity index (χ0) is 26.0. The molecule has 0 unspecified atom stereocenters. The Labute approximate surface area is 209 Å². The zero-order valence-electron chi connectivity index (χ0n) is 21.2. The first-order valence-corrected chi connectivity index (χ1v) is 15.5. The molecular weight excluding hydrogens is 476 g/mol. The van der Waals surface area contributed by atoms with Crippen molar-refractivity contribution in [3.63, 3.8) is 0 Å². The highest BCUT2D eigenvalue weighted by Crippen LogP contribution is 2.39. The Balaban J connectivity index is 1.80. The van der Waals surface area contributed by atoms with Gasteiger partial charge in [0.25, 0.3) is 5.56 Å². The highest BCUT2D eigenvalue weighted by molar-refractivity contribution is 6.91. The van der Waals surface area contributed by atoms with Crippen molar-refractivity contribution in [1.82, 2.24) is 9.55 Å². The third kappa shape index (κ3) is 3.52. The predicted octanol–water partition coefficient (Wildman–Crippen LogP) is 3.33. The maximum absolute atomic E-state index is 13.5. The van der Waals surface area contributed by atoms with Crippen molar-refractivity contribution in [2.75, 3.05) is 0 Å². The van der Waals surface area contributed by atoms with E-state index in [-0.39, 0.29) is 30.7 Å². The standard InChI is InChI=1S/C27H30N2O6Si/c1-6-10-36(4,5)22-9-8-21(35-15(3)30)17-11-16-13-29-20(23(16)28-24(17)22)12-19-18(25(29)31)14-34-26(32)27(19,33)7-2/h8-9,11-12,33H,6-7,10,13-14H2,1-5H3/t27-/m0/s1. The molecule has 9 heteroatoms. The normalized spacial score (nSPS) is 18.4. The molecule has 3 aromatic rings. The van der Waals surface area contributed by atoms with Gasteiger partial charge in [0.15, 0.2) is 5.60 Å². The second-order valence-corrected chi connectivity index (χ2v) is 15.1. The van der Waals surface area contributed by atoms with Crippen LogP contribution in [0.15, 0.2) is 29.1 Å². The monoisotopic (exact) mass is 506 g/mol. The Kier molecular flexibility index (Phi) is 5.68. The van der Waals surface area contributed by atoms with Gasteiger partial charge in [-0.15, -0.1) is 0 Å². The molecule has 1 atom stereocenters. The minimum atomic E-state index is -1.88. The lowest BCUT2D eigenvalue weighted by Gasteiger charge is -2.31. The van der Waals surface area contributed by atoms with Crippen molar-refractivity contribution in [3.8, 4) is 17.1 Å². The first-order valence-electron chi connectivity index (χ1n) is 12.3. The van der Waals surface area contributed by atoms with Crippen LogP contribution in [-0.4, -0.2) is 34.7 Å². The van der Waals surface area contributed by atoms with Gasteiger partial charge in [-0.25, -0.2) is 9.78 Å². The predicted molar refractivity (Wildman–Crippen MR) is 138 cm³/mol. The molecule has 0 amide bonds. The minimum Gasteiger partial charge on any atom is -0.458 e. The zero-order valence-corrected chi connectivity index (χ0v) is 22.2. The Hall–Kier alpha value is -3.30. The van der Waals surface area contributed by atoms with E-state index in [0.717, 1.165) is 34.1 Å². The van der Waals surface area contributed by atoms with Crippen LogP contribution in [0, 0.1) is 0 Å². The molecule has 4 heterocycles. The summed E-state index contributed by atoms with van der Waals surface area (Å²) in [4.78, 5) is 42.8. The smallest absolute Gasteiger partial charge is 0.343 e. The van der Waals surface area contributed by atoms with E-state index < -0.39 is 25.6 Å². The SMILES string of the molecule is CCC[Si](C)(C)c1ccc(OC(C)=O)c2cc3c(nc12)-c1cc2c(c(=O)n1C3)COC(=O)[C@]2(O)CC. The van der Waals surface area contributed by atoms with E-state index in [9.17, 15) is 19.5 Å². The fraction of sp³-hybridized carbons (Fsp3) is 0.407. The number of cyclic esters (lactones) is 1. The second-order valence-electron chi connectivity index (χ2n) is 10.3. The van der Waals surface area contributed by atoms with Gasteiger partial charge < -0.3 is 19.1 Å². The van der Waals surface area contributed by atoms with Crippen molar-refractivity contribution in [2.24, 2.45) is 0 Å². The number of carbonyl (C=O) groups excluding carboxylic acids is 2. The lowest BCUT2D eigenvalue weighted by molar-refractivity contribution is -0.172. The van der Waals surface area contributed by atoms with E-state index in [2.05, 4.69) is 20.0 Å². The van der Waals surface area contributed by atoms with Crippen molar-refractivity contribution in [2.45, 2.75) is 71.5 Å². The lowest BCUT2D eigenvalue weighted by atomic mass is 9.86. The summed E-state index contributed by atoms with van der Waals surface area (Å²) >= 11 is 0. The molecule has 0 fully saturated rings. The molecule has 8 nitrogen and oxygen atoms in total. The Morgan fingerprint density at radius 3 is 2.67 bits per heavy atom. The van der Waals surface area contributed by atoms with Gasteiger partial charge in [0, 0.05) is 23.4 Å². The van der Waals surface area contributed by atoms with Gasteiger partial charge >= 0.3 is 11.9 Å². The molecule has 0 spiro atoms. The van der Waals surface area contributed by atoms with Crippen LogP contribution in [0.2, 0.25) is 19.1 Å². The van der Waals surface area contributed by atoms with Gasteiger partial charge in [-0.3, -0.25) is 9.59 Å². The van der Waals surface area contributed by atoms with E-state index in [0.29, 0.717) is 22.7 Å². The molecule has 0 saturated heterocycles. The first-order chi connectivity index (χ1) is 17.0. The third-order valence-electron chi connectivity index (χ3n) is 7.50. The molecule has 1 aromatic carbocycles. The van der Waals surface area contributed by atoms with Crippen LogP contribution in [0.4, 0.5) is 0 Å². The van der Waals surface area contributed by atoms with Crippen LogP contribution in [0.3, 0.4) is 0 Å². The van der Waals surface area contributed by atoms with Gasteiger partial charge in [-0.05, 0) is 29.8 Å². The number of benzene rings is 1. The minimum absolute atomic E-state index is 0.0897. The van der Waals surface area contributed by atoms with Crippen LogP contribution in [0.5, 0.6) is 5.75 Å². The van der Waals surface area contributed by atoms with E-state index in [1.165, 1.54) is 6.92 Å². The van der Waals surface area contributed by atoms with Gasteiger partial charge in [0.05, 0.1) is 37.1 Å². The number of nitrogens with zero attached hydrogens (tertiary/aromatic N) is 2. The third-order valence-corrected chi connectivity index (χ3v) is 11.1. The number of hydrogen-bond acceptors (Lipinski definition) is 7. The lowest BCUT2D eigenvalue weighted by Crippen LogP contribution is -2.44. The van der Waals surface area contributed by atoms with Crippen LogP contribution in [-0.2, 0) is 33.1 Å². The van der Waals surface area contributed by atoms with Crippen LogP contribution in [0.25, 0.3) is 22.3 Å². The Morgan fingerprint density at radius 2 is 2.00 bits per heavy atom. The fourth-order valence-electron chi connectivity index (χ4n) is 5.59. The van der Waals surface area contributed by atoms with Gasteiger partial charge in [0.2, 0.25) is 0 Å². The number of hydrogen-bond donors (Lipinski definition) is 1. The Morgan fingerprint density at radius 1 is 1.25 bits per heavy atom. The molecule has 36 heavy (non-hydrogen) atoms. The molecule has 2 aliphatic heterocycles. The molecule has 2 aliphatic rings. The van der Waals surface area contributed by atoms with Crippen LogP contribution in [0.1, 0.15) is 50.3 Å². The van der Waals surface area contributed by atoms with Crippen molar-refractivity contribution in [1.29, 1.82) is 0 Å². The maximum Gasteiger partial charge on any atom is 0.343 e. The number of aromatic nitrogens is 2. The number of aliphatic hydroxyl groups is 1.